The number of nitro groups is 1. The number of halogens is 3. The van der Waals surface area contributed by atoms with E-state index in [1.165, 1.54) is 29.5 Å². The van der Waals surface area contributed by atoms with Crippen LogP contribution in [0.15, 0.2) is 35.7 Å². The number of benzene rings is 1. The first-order chi connectivity index (χ1) is 11.2. The summed E-state index contributed by atoms with van der Waals surface area (Å²) in [5.41, 5.74) is 1.03. The third kappa shape index (κ3) is 4.73. The zero-order chi connectivity index (χ0) is 17.9. The number of hydrogen-bond acceptors (Lipinski definition) is 5. The molecule has 2 rings (SSSR count). The third-order valence-electron chi connectivity index (χ3n) is 3.07. The minimum Gasteiger partial charge on any atom is -0.362 e. The van der Waals surface area contributed by atoms with E-state index in [9.17, 15) is 14.9 Å². The van der Waals surface area contributed by atoms with Crippen LogP contribution in [-0.4, -0.2) is 20.8 Å². The molecule has 0 aliphatic rings. The van der Waals surface area contributed by atoms with Gasteiger partial charge in [0.25, 0.3) is 11.6 Å². The van der Waals surface area contributed by atoms with Gasteiger partial charge in [-0.15, -0.1) is 11.3 Å². The SMILES string of the molecule is Cc1cc([N+](=O)[O-])ccc1NC(NC(=O)c1cccs1)C(Cl)(Cl)Cl. The molecule has 1 aromatic heterocycles. The molecule has 0 aliphatic carbocycles. The number of rotatable bonds is 5. The summed E-state index contributed by atoms with van der Waals surface area (Å²) in [6.45, 7) is 1.67. The fraction of sp³-hybridized carbons (Fsp3) is 0.214. The van der Waals surface area contributed by atoms with Crippen molar-refractivity contribution in [2.45, 2.75) is 16.9 Å². The minimum absolute atomic E-state index is 0.0499. The van der Waals surface area contributed by atoms with Crippen LogP contribution in [0.2, 0.25) is 0 Å². The van der Waals surface area contributed by atoms with Crippen molar-refractivity contribution in [3.8, 4) is 0 Å². The van der Waals surface area contributed by atoms with E-state index in [4.69, 9.17) is 34.8 Å². The normalized spacial score (nSPS) is 12.5. The Balaban J connectivity index is 2.21. The predicted octanol–water partition coefficient (Wildman–Crippen LogP) is 4.50. The van der Waals surface area contributed by atoms with Crippen molar-refractivity contribution in [2.24, 2.45) is 0 Å². The number of nitrogens with one attached hydrogen (secondary N) is 2. The number of hydrogen-bond donors (Lipinski definition) is 2. The third-order valence-corrected chi connectivity index (χ3v) is 4.59. The maximum absolute atomic E-state index is 12.2. The highest BCUT2D eigenvalue weighted by molar-refractivity contribution is 7.12. The largest absolute Gasteiger partial charge is 0.362 e. The number of alkyl halides is 3. The van der Waals surface area contributed by atoms with Gasteiger partial charge in [-0.05, 0) is 30.0 Å². The predicted molar refractivity (Wildman–Crippen MR) is 97.3 cm³/mol. The number of anilines is 1. The molecule has 2 aromatic rings. The van der Waals surface area contributed by atoms with Crippen molar-refractivity contribution >= 4 is 63.4 Å². The van der Waals surface area contributed by atoms with Crippen molar-refractivity contribution in [1.29, 1.82) is 0 Å². The highest BCUT2D eigenvalue weighted by atomic mass is 35.6. The van der Waals surface area contributed by atoms with Crippen molar-refractivity contribution in [2.75, 3.05) is 5.32 Å². The molecular formula is C14H12Cl3N3O3S. The lowest BCUT2D eigenvalue weighted by Gasteiger charge is -2.27. The molecule has 1 heterocycles. The van der Waals surface area contributed by atoms with Crippen molar-refractivity contribution in [3.63, 3.8) is 0 Å². The van der Waals surface area contributed by atoms with E-state index in [-0.39, 0.29) is 5.69 Å². The quantitative estimate of drug-likeness (QED) is 0.330. The van der Waals surface area contributed by atoms with E-state index >= 15 is 0 Å². The lowest BCUT2D eigenvalue weighted by atomic mass is 10.1. The van der Waals surface area contributed by atoms with E-state index in [1.807, 2.05) is 0 Å². The lowest BCUT2D eigenvalue weighted by molar-refractivity contribution is -0.384. The van der Waals surface area contributed by atoms with Gasteiger partial charge in [0.05, 0.1) is 9.80 Å². The molecule has 0 bridgehead atoms. The monoisotopic (exact) mass is 407 g/mol. The maximum Gasteiger partial charge on any atom is 0.269 e. The molecule has 0 fully saturated rings. The first kappa shape index (κ1) is 18.8. The van der Waals surface area contributed by atoms with Gasteiger partial charge < -0.3 is 10.6 Å². The molecule has 6 nitrogen and oxygen atoms in total. The Kier molecular flexibility index (Phi) is 5.92. The average Bonchev–Trinajstić information content (AvgIpc) is 3.01. The summed E-state index contributed by atoms with van der Waals surface area (Å²) in [4.78, 5) is 22.9. The molecule has 0 aliphatic heterocycles. The molecule has 2 N–H and O–H groups in total. The molecule has 1 unspecified atom stereocenters. The van der Waals surface area contributed by atoms with Crippen LogP contribution in [-0.2, 0) is 0 Å². The van der Waals surface area contributed by atoms with Gasteiger partial charge in [-0.3, -0.25) is 14.9 Å². The van der Waals surface area contributed by atoms with Crippen LogP contribution in [0.3, 0.4) is 0 Å². The van der Waals surface area contributed by atoms with Crippen LogP contribution in [0.5, 0.6) is 0 Å². The maximum atomic E-state index is 12.2. The average molecular weight is 409 g/mol. The zero-order valence-electron chi connectivity index (χ0n) is 12.3. The second kappa shape index (κ2) is 7.57. The van der Waals surface area contributed by atoms with E-state index < -0.39 is 20.8 Å². The molecule has 0 radical (unpaired) electrons. The number of thiophene rings is 1. The summed E-state index contributed by atoms with van der Waals surface area (Å²) in [7, 11) is 0. The number of non-ortho nitro benzene ring substituents is 1. The summed E-state index contributed by atoms with van der Waals surface area (Å²) in [6, 6.07) is 7.59. The van der Waals surface area contributed by atoms with Crippen LogP contribution in [0.4, 0.5) is 11.4 Å². The molecule has 0 spiro atoms. The highest BCUT2D eigenvalue weighted by Crippen LogP contribution is 2.32. The molecule has 1 atom stereocenters. The summed E-state index contributed by atoms with van der Waals surface area (Å²) in [6.07, 6.45) is -1.03. The van der Waals surface area contributed by atoms with Gasteiger partial charge in [0.2, 0.25) is 3.79 Å². The first-order valence-corrected chi connectivity index (χ1v) is 8.62. The second-order valence-electron chi connectivity index (χ2n) is 4.83. The standard InChI is InChI=1S/C14H12Cl3N3O3S/c1-8-7-9(20(22)23)4-5-10(8)18-13(14(15,16)17)19-12(21)11-3-2-6-24-11/h2-7,13,18H,1H3,(H,19,21). The van der Waals surface area contributed by atoms with E-state index in [0.29, 0.717) is 16.1 Å². The summed E-state index contributed by atoms with van der Waals surface area (Å²) >= 11 is 19.1. The fourth-order valence-electron chi connectivity index (χ4n) is 1.89. The number of carbonyl (C=O) groups is 1. The van der Waals surface area contributed by atoms with Crippen LogP contribution < -0.4 is 10.6 Å². The molecule has 0 saturated heterocycles. The Labute approximate surface area is 156 Å². The molecule has 1 aromatic carbocycles. The topological polar surface area (TPSA) is 84.3 Å². The van der Waals surface area contributed by atoms with Crippen LogP contribution in [0.1, 0.15) is 15.2 Å². The van der Waals surface area contributed by atoms with Crippen molar-refractivity contribution < 1.29 is 9.72 Å². The smallest absolute Gasteiger partial charge is 0.269 e. The van der Waals surface area contributed by atoms with Crippen molar-refractivity contribution in [3.05, 3.63) is 56.3 Å². The molecule has 1 amide bonds. The minimum atomic E-state index is -1.83. The zero-order valence-corrected chi connectivity index (χ0v) is 15.3. The van der Waals surface area contributed by atoms with Gasteiger partial charge >= 0.3 is 0 Å². The van der Waals surface area contributed by atoms with E-state index in [0.717, 1.165) is 0 Å². The van der Waals surface area contributed by atoms with Gasteiger partial charge in [-0.25, -0.2) is 0 Å². The number of aryl methyl sites for hydroxylation is 1. The van der Waals surface area contributed by atoms with Gasteiger partial charge in [-0.2, -0.15) is 0 Å². The van der Waals surface area contributed by atoms with Gasteiger partial charge in [0.1, 0.15) is 6.17 Å². The van der Waals surface area contributed by atoms with E-state index in [1.54, 1.807) is 24.4 Å². The van der Waals surface area contributed by atoms with Gasteiger partial charge in [0.15, 0.2) is 0 Å². The molecule has 128 valence electrons. The molecule has 10 heteroatoms. The Morgan fingerprint density at radius 3 is 2.54 bits per heavy atom. The molecule has 0 saturated carbocycles. The Hall–Kier alpha value is -1.54. The lowest BCUT2D eigenvalue weighted by Crippen LogP contribution is -2.49. The van der Waals surface area contributed by atoms with Crippen molar-refractivity contribution in [1.82, 2.24) is 5.32 Å². The Morgan fingerprint density at radius 2 is 2.04 bits per heavy atom. The second-order valence-corrected chi connectivity index (χ2v) is 8.14. The van der Waals surface area contributed by atoms with Crippen LogP contribution >= 0.6 is 46.1 Å². The van der Waals surface area contributed by atoms with Gasteiger partial charge in [-0.1, -0.05) is 40.9 Å². The number of nitrogens with zero attached hydrogens (tertiary/aromatic N) is 1. The molecular weight excluding hydrogens is 397 g/mol. The van der Waals surface area contributed by atoms with Gasteiger partial charge in [0, 0.05) is 17.8 Å². The fourth-order valence-corrected chi connectivity index (χ4v) is 2.84. The summed E-state index contributed by atoms with van der Waals surface area (Å²) in [5, 5.41) is 18.0. The number of amides is 1. The Bertz CT molecular complexity index is 747. The number of carbonyl (C=O) groups excluding carboxylic acids is 1. The highest BCUT2D eigenvalue weighted by Gasteiger charge is 2.34. The van der Waals surface area contributed by atoms with Crippen LogP contribution in [0, 0.1) is 17.0 Å². The summed E-state index contributed by atoms with van der Waals surface area (Å²) < 4.78 is -1.83. The summed E-state index contributed by atoms with van der Waals surface area (Å²) in [5.74, 6) is -0.395. The molecule has 24 heavy (non-hydrogen) atoms. The first-order valence-electron chi connectivity index (χ1n) is 6.61. The van der Waals surface area contributed by atoms with Crippen LogP contribution in [0.25, 0.3) is 0 Å². The van der Waals surface area contributed by atoms with E-state index in [2.05, 4.69) is 10.6 Å². The Morgan fingerprint density at radius 1 is 1.33 bits per heavy atom. The number of nitro benzene ring substituents is 1.